The Kier molecular flexibility index (Phi) is 6.21. The standard InChI is InChI=1S/C16H21N3O5S2/c1-19(2)26(22,23)15-7-4-13(5-8-15)10-11-25(20,21)18-14-6-9-16(24-3)17-12-14/h4-9,12,18H,10-11H2,1-3H3. The molecule has 1 N–H and O–H groups in total. The van der Waals surface area contributed by atoms with Gasteiger partial charge in [-0.05, 0) is 30.2 Å². The molecule has 0 aliphatic heterocycles. The van der Waals surface area contributed by atoms with Crippen molar-refractivity contribution < 1.29 is 21.6 Å². The van der Waals surface area contributed by atoms with Crippen LogP contribution in [0.1, 0.15) is 5.56 Å². The minimum absolute atomic E-state index is 0.140. The van der Waals surface area contributed by atoms with Gasteiger partial charge >= 0.3 is 0 Å². The third-order valence-electron chi connectivity index (χ3n) is 3.58. The van der Waals surface area contributed by atoms with Gasteiger partial charge < -0.3 is 4.74 Å². The van der Waals surface area contributed by atoms with Crippen LogP contribution in [0.25, 0.3) is 0 Å². The van der Waals surface area contributed by atoms with Crippen LogP contribution in [-0.2, 0) is 26.5 Å². The number of sulfonamides is 2. The minimum Gasteiger partial charge on any atom is -0.481 e. The van der Waals surface area contributed by atoms with E-state index in [4.69, 9.17) is 4.74 Å². The van der Waals surface area contributed by atoms with Gasteiger partial charge in [0, 0.05) is 20.2 Å². The zero-order valence-corrected chi connectivity index (χ0v) is 16.3. The van der Waals surface area contributed by atoms with Crippen molar-refractivity contribution >= 4 is 25.7 Å². The summed E-state index contributed by atoms with van der Waals surface area (Å²) in [6.07, 6.45) is 1.62. The lowest BCUT2D eigenvalue weighted by Gasteiger charge is -2.12. The van der Waals surface area contributed by atoms with Gasteiger partial charge in [-0.15, -0.1) is 0 Å². The summed E-state index contributed by atoms with van der Waals surface area (Å²) in [4.78, 5) is 4.10. The van der Waals surface area contributed by atoms with Gasteiger partial charge in [-0.3, -0.25) is 4.72 Å². The summed E-state index contributed by atoms with van der Waals surface area (Å²) in [6, 6.07) is 9.28. The monoisotopic (exact) mass is 399 g/mol. The summed E-state index contributed by atoms with van der Waals surface area (Å²) in [5, 5.41) is 0. The molecule has 0 saturated heterocycles. The Labute approximate surface area is 153 Å². The van der Waals surface area contributed by atoms with Crippen LogP contribution in [0.2, 0.25) is 0 Å². The summed E-state index contributed by atoms with van der Waals surface area (Å²) < 4.78 is 56.9. The van der Waals surface area contributed by atoms with E-state index >= 15 is 0 Å². The van der Waals surface area contributed by atoms with Crippen LogP contribution < -0.4 is 9.46 Å². The molecule has 0 aliphatic carbocycles. The number of rotatable bonds is 8. The summed E-state index contributed by atoms with van der Waals surface area (Å²) in [5.74, 6) is 0.249. The molecule has 0 spiro atoms. The molecule has 2 rings (SSSR count). The van der Waals surface area contributed by atoms with Gasteiger partial charge in [-0.25, -0.2) is 26.1 Å². The second-order valence-corrected chi connectivity index (χ2v) is 9.69. The first-order chi connectivity index (χ1) is 12.1. The molecule has 0 radical (unpaired) electrons. The number of nitrogens with one attached hydrogen (secondary N) is 1. The van der Waals surface area contributed by atoms with Gasteiger partial charge in [-0.1, -0.05) is 12.1 Å². The van der Waals surface area contributed by atoms with Gasteiger partial charge in [0.1, 0.15) is 0 Å². The number of pyridine rings is 1. The third kappa shape index (κ3) is 5.16. The van der Waals surface area contributed by atoms with Crippen LogP contribution in [0.4, 0.5) is 5.69 Å². The van der Waals surface area contributed by atoms with Crippen LogP contribution in [0.3, 0.4) is 0 Å². The van der Waals surface area contributed by atoms with Gasteiger partial charge in [0.25, 0.3) is 0 Å². The first-order valence-corrected chi connectivity index (χ1v) is 10.8. The Morgan fingerprint density at radius 2 is 1.69 bits per heavy atom. The lowest BCUT2D eigenvalue weighted by molar-refractivity contribution is 0.398. The van der Waals surface area contributed by atoms with E-state index < -0.39 is 20.0 Å². The van der Waals surface area contributed by atoms with Gasteiger partial charge in [-0.2, -0.15) is 0 Å². The van der Waals surface area contributed by atoms with Gasteiger partial charge in [0.2, 0.25) is 25.9 Å². The van der Waals surface area contributed by atoms with Crippen LogP contribution in [-0.4, -0.2) is 53.1 Å². The molecule has 1 aromatic heterocycles. The van der Waals surface area contributed by atoms with E-state index in [0.29, 0.717) is 11.6 Å². The summed E-state index contributed by atoms with van der Waals surface area (Å²) in [7, 11) is -2.68. The van der Waals surface area contributed by atoms with Crippen LogP contribution in [0, 0.1) is 0 Å². The molecule has 0 atom stereocenters. The average Bonchev–Trinajstić information content (AvgIpc) is 2.60. The van der Waals surface area contributed by atoms with Crippen molar-refractivity contribution in [3.8, 4) is 5.88 Å². The molecule has 0 unspecified atom stereocenters. The Bertz CT molecular complexity index is 938. The van der Waals surface area contributed by atoms with E-state index in [2.05, 4.69) is 9.71 Å². The predicted octanol–water partition coefficient (Wildman–Crippen LogP) is 1.32. The van der Waals surface area contributed by atoms with Crippen molar-refractivity contribution in [1.82, 2.24) is 9.29 Å². The predicted molar refractivity (Wildman–Crippen MR) is 99.2 cm³/mol. The maximum Gasteiger partial charge on any atom is 0.242 e. The highest BCUT2D eigenvalue weighted by atomic mass is 32.2. The molecule has 10 heteroatoms. The Morgan fingerprint density at radius 1 is 1.04 bits per heavy atom. The van der Waals surface area contributed by atoms with E-state index in [1.807, 2.05) is 0 Å². The van der Waals surface area contributed by atoms with Crippen LogP contribution in [0.5, 0.6) is 5.88 Å². The Morgan fingerprint density at radius 3 is 2.19 bits per heavy atom. The number of aromatic nitrogens is 1. The normalized spacial score (nSPS) is 12.2. The molecule has 0 bridgehead atoms. The number of methoxy groups -OCH3 is 1. The number of benzene rings is 1. The van der Waals surface area contributed by atoms with Crippen molar-refractivity contribution in [2.24, 2.45) is 0 Å². The maximum atomic E-state index is 12.2. The lowest BCUT2D eigenvalue weighted by Crippen LogP contribution is -2.22. The minimum atomic E-state index is -3.56. The topological polar surface area (TPSA) is 106 Å². The van der Waals surface area contributed by atoms with E-state index in [0.717, 1.165) is 9.87 Å². The second kappa shape index (κ2) is 8.02. The molecule has 0 aliphatic rings. The van der Waals surface area contributed by atoms with E-state index in [9.17, 15) is 16.8 Å². The maximum absolute atomic E-state index is 12.2. The number of hydrogen-bond acceptors (Lipinski definition) is 6. The van der Waals surface area contributed by atoms with Crippen molar-refractivity contribution in [2.45, 2.75) is 11.3 Å². The fraction of sp³-hybridized carbons (Fsp3) is 0.312. The third-order valence-corrected chi connectivity index (χ3v) is 6.70. The molecule has 1 heterocycles. The lowest BCUT2D eigenvalue weighted by atomic mass is 10.2. The molecule has 0 fully saturated rings. The zero-order valence-electron chi connectivity index (χ0n) is 14.7. The molecular weight excluding hydrogens is 378 g/mol. The van der Waals surface area contributed by atoms with Crippen LogP contribution >= 0.6 is 0 Å². The highest BCUT2D eigenvalue weighted by Crippen LogP contribution is 2.16. The number of nitrogens with zero attached hydrogens (tertiary/aromatic N) is 2. The quantitative estimate of drug-likeness (QED) is 0.718. The van der Waals surface area contributed by atoms with Gasteiger partial charge in [0.05, 0.1) is 29.6 Å². The van der Waals surface area contributed by atoms with Crippen molar-refractivity contribution in [2.75, 3.05) is 31.7 Å². The second-order valence-electron chi connectivity index (χ2n) is 5.69. The number of ether oxygens (including phenoxy) is 1. The molecule has 26 heavy (non-hydrogen) atoms. The largest absolute Gasteiger partial charge is 0.481 e. The zero-order chi connectivity index (χ0) is 19.4. The van der Waals surface area contributed by atoms with Crippen LogP contribution in [0.15, 0.2) is 47.5 Å². The summed E-state index contributed by atoms with van der Waals surface area (Å²) in [5.41, 5.74) is 1.07. The molecule has 8 nitrogen and oxygen atoms in total. The van der Waals surface area contributed by atoms with Crippen molar-refractivity contribution in [1.29, 1.82) is 0 Å². The van der Waals surface area contributed by atoms with E-state index in [1.54, 1.807) is 24.3 Å². The van der Waals surface area contributed by atoms with E-state index in [-0.39, 0.29) is 17.1 Å². The number of anilines is 1. The fourth-order valence-corrected chi connectivity index (χ4v) is 4.07. The molecule has 0 amide bonds. The molecule has 1 aromatic carbocycles. The Hall–Kier alpha value is -2.17. The Balaban J connectivity index is 2.00. The first-order valence-electron chi connectivity index (χ1n) is 7.66. The van der Waals surface area contributed by atoms with Crippen molar-refractivity contribution in [3.05, 3.63) is 48.2 Å². The smallest absolute Gasteiger partial charge is 0.242 e. The number of hydrogen-bond donors (Lipinski definition) is 1. The molecule has 0 saturated carbocycles. The highest BCUT2D eigenvalue weighted by molar-refractivity contribution is 7.92. The van der Waals surface area contributed by atoms with Crippen molar-refractivity contribution in [3.63, 3.8) is 0 Å². The fourth-order valence-electron chi connectivity index (χ4n) is 2.08. The summed E-state index contributed by atoms with van der Waals surface area (Å²) >= 11 is 0. The SMILES string of the molecule is COc1ccc(NS(=O)(=O)CCc2ccc(S(=O)(=O)N(C)C)cc2)cn1. The molecular formula is C16H21N3O5S2. The first kappa shape index (κ1) is 20.1. The summed E-state index contributed by atoms with van der Waals surface area (Å²) in [6.45, 7) is 0. The highest BCUT2D eigenvalue weighted by Gasteiger charge is 2.17. The molecule has 2 aromatic rings. The van der Waals surface area contributed by atoms with Gasteiger partial charge in [0.15, 0.2) is 0 Å². The molecule has 142 valence electrons. The average molecular weight is 399 g/mol. The number of aryl methyl sites for hydroxylation is 1. The van der Waals surface area contributed by atoms with E-state index in [1.165, 1.54) is 39.5 Å².